The van der Waals surface area contributed by atoms with Gasteiger partial charge in [-0.1, -0.05) is 19.1 Å². The Hall–Kier alpha value is -2.21. The van der Waals surface area contributed by atoms with Crippen molar-refractivity contribution in [3.05, 3.63) is 57.0 Å². The zero-order chi connectivity index (χ0) is 17.8. The first-order valence-corrected chi connectivity index (χ1v) is 9.13. The van der Waals surface area contributed by atoms with Crippen LogP contribution in [0.15, 0.2) is 30.3 Å². The minimum Gasteiger partial charge on any atom is -0.451 e. The predicted octanol–water partition coefficient (Wildman–Crippen LogP) is 3.49. The SMILES string of the molecule is C[C@H]1CCc2sc(C(=O)OCC(=O)NCc3ccc(F)cc3)cc2C1. The van der Waals surface area contributed by atoms with Crippen molar-refractivity contribution in [1.29, 1.82) is 0 Å². The van der Waals surface area contributed by atoms with E-state index in [0.29, 0.717) is 10.8 Å². The maximum atomic E-state index is 12.8. The van der Waals surface area contributed by atoms with Crippen LogP contribution >= 0.6 is 11.3 Å². The molecule has 0 spiro atoms. The lowest BCUT2D eigenvalue weighted by Crippen LogP contribution is -2.28. The second-order valence-corrected chi connectivity index (χ2v) is 7.52. The second-order valence-electron chi connectivity index (χ2n) is 6.39. The minimum absolute atomic E-state index is 0.266. The van der Waals surface area contributed by atoms with Crippen molar-refractivity contribution in [2.24, 2.45) is 5.92 Å². The molecule has 0 unspecified atom stereocenters. The zero-order valence-corrected chi connectivity index (χ0v) is 14.8. The Labute approximate surface area is 150 Å². The van der Waals surface area contributed by atoms with E-state index in [9.17, 15) is 14.0 Å². The van der Waals surface area contributed by atoms with Crippen LogP contribution in [0.4, 0.5) is 4.39 Å². The fourth-order valence-corrected chi connectivity index (χ4v) is 3.96. The van der Waals surface area contributed by atoms with Gasteiger partial charge >= 0.3 is 5.97 Å². The predicted molar refractivity (Wildman–Crippen MR) is 94.0 cm³/mol. The number of carbonyl (C=O) groups excluding carboxylic acids is 2. The molecular weight excluding hydrogens is 341 g/mol. The van der Waals surface area contributed by atoms with Gasteiger partial charge < -0.3 is 10.1 Å². The summed E-state index contributed by atoms with van der Waals surface area (Å²) >= 11 is 1.47. The minimum atomic E-state index is -0.455. The summed E-state index contributed by atoms with van der Waals surface area (Å²) in [5, 5.41) is 2.64. The van der Waals surface area contributed by atoms with E-state index in [4.69, 9.17) is 4.74 Å². The first-order valence-electron chi connectivity index (χ1n) is 8.31. The molecule has 0 saturated carbocycles. The lowest BCUT2D eigenvalue weighted by Gasteiger charge is -2.16. The topological polar surface area (TPSA) is 55.4 Å². The number of ether oxygens (including phenoxy) is 1. The average Bonchev–Trinajstić information content (AvgIpc) is 3.02. The van der Waals surface area contributed by atoms with Gasteiger partial charge in [0.25, 0.3) is 5.91 Å². The summed E-state index contributed by atoms with van der Waals surface area (Å²) in [6.07, 6.45) is 3.15. The Morgan fingerprint density at radius 2 is 2.08 bits per heavy atom. The smallest absolute Gasteiger partial charge is 0.348 e. The molecule has 6 heteroatoms. The molecule has 1 heterocycles. The third-order valence-corrected chi connectivity index (χ3v) is 5.48. The van der Waals surface area contributed by atoms with E-state index in [1.54, 1.807) is 12.1 Å². The third-order valence-electron chi connectivity index (χ3n) is 4.27. The van der Waals surface area contributed by atoms with Gasteiger partial charge in [-0.25, -0.2) is 9.18 Å². The van der Waals surface area contributed by atoms with Crippen molar-refractivity contribution in [1.82, 2.24) is 5.32 Å². The number of hydrogen-bond acceptors (Lipinski definition) is 4. The Balaban J connectivity index is 1.47. The standard InChI is InChI=1S/C19H20FNO3S/c1-12-2-7-16-14(8-12)9-17(25-16)19(23)24-11-18(22)21-10-13-3-5-15(20)6-4-13/h3-6,9,12H,2,7-8,10-11H2,1H3,(H,21,22)/t12-/m0/s1. The Morgan fingerprint density at radius 1 is 1.32 bits per heavy atom. The Kier molecular flexibility index (Phi) is 5.48. The number of esters is 1. The monoisotopic (exact) mass is 361 g/mol. The van der Waals surface area contributed by atoms with Crippen molar-refractivity contribution in [3.8, 4) is 0 Å². The molecule has 4 nitrogen and oxygen atoms in total. The van der Waals surface area contributed by atoms with Crippen LogP contribution in [0.1, 0.15) is 39.0 Å². The number of rotatable bonds is 5. The molecule has 0 saturated heterocycles. The van der Waals surface area contributed by atoms with Crippen LogP contribution in [0.2, 0.25) is 0 Å². The van der Waals surface area contributed by atoms with E-state index in [1.165, 1.54) is 33.9 Å². The van der Waals surface area contributed by atoms with E-state index in [-0.39, 0.29) is 24.9 Å². The number of halogens is 1. The molecule has 2 aromatic rings. The fraction of sp³-hybridized carbons (Fsp3) is 0.368. The molecule has 3 rings (SSSR count). The maximum Gasteiger partial charge on any atom is 0.348 e. The lowest BCUT2D eigenvalue weighted by atomic mass is 9.90. The summed E-state index contributed by atoms with van der Waals surface area (Å²) in [7, 11) is 0. The van der Waals surface area contributed by atoms with E-state index < -0.39 is 5.97 Å². The highest BCUT2D eigenvalue weighted by molar-refractivity contribution is 7.14. The first-order chi connectivity index (χ1) is 12.0. The van der Waals surface area contributed by atoms with Crippen LogP contribution in [-0.4, -0.2) is 18.5 Å². The largest absolute Gasteiger partial charge is 0.451 e. The number of amides is 1. The van der Waals surface area contributed by atoms with Crippen molar-refractivity contribution in [2.45, 2.75) is 32.7 Å². The molecule has 1 aliphatic rings. The number of fused-ring (bicyclic) bond motifs is 1. The third kappa shape index (κ3) is 4.66. The number of hydrogen-bond donors (Lipinski definition) is 1. The molecule has 0 aliphatic heterocycles. The molecule has 1 aromatic carbocycles. The highest BCUT2D eigenvalue weighted by Gasteiger charge is 2.21. The fourth-order valence-electron chi connectivity index (χ4n) is 2.86. The number of thiophene rings is 1. The molecule has 1 aromatic heterocycles. The van der Waals surface area contributed by atoms with Crippen LogP contribution in [-0.2, 0) is 28.9 Å². The molecule has 132 valence electrons. The van der Waals surface area contributed by atoms with Crippen molar-refractivity contribution in [2.75, 3.05) is 6.61 Å². The molecule has 0 bridgehead atoms. The lowest BCUT2D eigenvalue weighted by molar-refractivity contribution is -0.124. The van der Waals surface area contributed by atoms with E-state index in [2.05, 4.69) is 12.2 Å². The molecular formula is C19H20FNO3S. The maximum absolute atomic E-state index is 12.8. The van der Waals surface area contributed by atoms with Gasteiger partial charge in [-0.15, -0.1) is 11.3 Å². The molecule has 25 heavy (non-hydrogen) atoms. The summed E-state index contributed by atoms with van der Waals surface area (Å²) in [6.45, 7) is 2.16. The van der Waals surface area contributed by atoms with Crippen LogP contribution in [0.25, 0.3) is 0 Å². The summed E-state index contributed by atoms with van der Waals surface area (Å²) in [5.41, 5.74) is 2.01. The Bertz CT molecular complexity index is 769. The number of aryl methyl sites for hydroxylation is 1. The molecule has 1 N–H and O–H groups in total. The van der Waals surface area contributed by atoms with Gasteiger partial charge in [0.15, 0.2) is 6.61 Å². The summed E-state index contributed by atoms with van der Waals surface area (Å²) < 4.78 is 17.9. The van der Waals surface area contributed by atoms with Crippen LogP contribution in [0.5, 0.6) is 0 Å². The number of carbonyl (C=O) groups is 2. The van der Waals surface area contributed by atoms with Crippen molar-refractivity contribution >= 4 is 23.2 Å². The van der Waals surface area contributed by atoms with Gasteiger partial charge in [-0.05, 0) is 54.5 Å². The zero-order valence-electron chi connectivity index (χ0n) is 14.0. The van der Waals surface area contributed by atoms with E-state index in [1.807, 2.05) is 6.07 Å². The molecule has 0 radical (unpaired) electrons. The molecule has 1 atom stereocenters. The highest BCUT2D eigenvalue weighted by Crippen LogP contribution is 2.32. The second kappa shape index (κ2) is 7.78. The van der Waals surface area contributed by atoms with Gasteiger partial charge in [0.05, 0.1) is 0 Å². The van der Waals surface area contributed by atoms with Gasteiger partial charge in [-0.2, -0.15) is 0 Å². The van der Waals surface area contributed by atoms with Crippen LogP contribution in [0.3, 0.4) is 0 Å². The summed E-state index contributed by atoms with van der Waals surface area (Å²) in [6, 6.07) is 7.76. The molecule has 0 fully saturated rings. The van der Waals surface area contributed by atoms with Gasteiger partial charge in [0.2, 0.25) is 0 Å². The molecule has 1 amide bonds. The van der Waals surface area contributed by atoms with Crippen LogP contribution < -0.4 is 5.32 Å². The number of nitrogens with one attached hydrogen (secondary N) is 1. The summed E-state index contributed by atoms with van der Waals surface area (Å²) in [4.78, 5) is 25.7. The van der Waals surface area contributed by atoms with E-state index >= 15 is 0 Å². The van der Waals surface area contributed by atoms with Gasteiger partial charge in [0, 0.05) is 11.4 Å². The van der Waals surface area contributed by atoms with Gasteiger partial charge in [0.1, 0.15) is 10.7 Å². The highest BCUT2D eigenvalue weighted by atomic mass is 32.1. The first kappa shape index (κ1) is 17.6. The van der Waals surface area contributed by atoms with E-state index in [0.717, 1.165) is 24.8 Å². The number of benzene rings is 1. The Morgan fingerprint density at radius 3 is 2.84 bits per heavy atom. The summed E-state index contributed by atoms with van der Waals surface area (Å²) in [5.74, 6) is -0.517. The van der Waals surface area contributed by atoms with Crippen LogP contribution in [0, 0.1) is 11.7 Å². The normalized spacial score (nSPS) is 16.2. The van der Waals surface area contributed by atoms with Gasteiger partial charge in [-0.3, -0.25) is 4.79 Å². The van der Waals surface area contributed by atoms with Crippen molar-refractivity contribution < 1.29 is 18.7 Å². The average molecular weight is 361 g/mol. The van der Waals surface area contributed by atoms with Crippen molar-refractivity contribution in [3.63, 3.8) is 0 Å². The quantitative estimate of drug-likeness (QED) is 0.830. The molecule has 1 aliphatic carbocycles.